The van der Waals surface area contributed by atoms with Crippen LogP contribution in [0.2, 0.25) is 0 Å². The van der Waals surface area contributed by atoms with Gasteiger partial charge in [-0.05, 0) is 43.2 Å². The number of carbonyl (C=O) groups is 2. The van der Waals surface area contributed by atoms with Crippen molar-refractivity contribution >= 4 is 28.4 Å². The molecule has 26 heavy (non-hydrogen) atoms. The monoisotopic (exact) mass is 347 g/mol. The Bertz CT molecular complexity index is 956. The van der Waals surface area contributed by atoms with Gasteiger partial charge in [-0.25, -0.2) is 0 Å². The number of carbonyl (C=O) groups excluding carboxylic acids is 2. The van der Waals surface area contributed by atoms with Gasteiger partial charge in [0.1, 0.15) is 0 Å². The molecule has 0 radical (unpaired) electrons. The Balaban J connectivity index is 1.76. The lowest BCUT2D eigenvalue weighted by Crippen LogP contribution is -2.35. The van der Waals surface area contributed by atoms with E-state index in [0.717, 1.165) is 27.7 Å². The highest BCUT2D eigenvalue weighted by Crippen LogP contribution is 2.20. The largest absolute Gasteiger partial charge is 0.332 e. The number of likely N-dealkylation sites (N-methyl/N-ethyl adjacent to an activating group) is 1. The van der Waals surface area contributed by atoms with Crippen LogP contribution in [0.25, 0.3) is 10.9 Å². The van der Waals surface area contributed by atoms with Crippen LogP contribution >= 0.6 is 0 Å². The standard InChI is InChI=1S/C21H21N3O2/c1-14-7-4-8-15(2)20(14)23-19(25)13-24(3)21(26)17-9-5-11-18-16(17)10-6-12-22-18/h4-12H,13H2,1-3H3,(H,23,25). The summed E-state index contributed by atoms with van der Waals surface area (Å²) < 4.78 is 0. The van der Waals surface area contributed by atoms with Crippen molar-refractivity contribution in [3.05, 3.63) is 71.4 Å². The molecule has 0 saturated carbocycles. The van der Waals surface area contributed by atoms with E-state index in [2.05, 4.69) is 10.3 Å². The number of pyridine rings is 1. The van der Waals surface area contributed by atoms with E-state index in [9.17, 15) is 9.59 Å². The first-order chi connectivity index (χ1) is 12.5. The molecule has 3 rings (SSSR count). The van der Waals surface area contributed by atoms with E-state index >= 15 is 0 Å². The Labute approximate surface area is 152 Å². The van der Waals surface area contributed by atoms with Crippen LogP contribution in [0.15, 0.2) is 54.7 Å². The summed E-state index contributed by atoms with van der Waals surface area (Å²) >= 11 is 0. The molecule has 132 valence electrons. The molecule has 0 spiro atoms. The zero-order valence-electron chi connectivity index (χ0n) is 15.1. The molecule has 1 heterocycles. The third-order valence-corrected chi connectivity index (χ3v) is 4.35. The second-order valence-electron chi connectivity index (χ2n) is 6.35. The van der Waals surface area contributed by atoms with Crippen molar-refractivity contribution in [1.82, 2.24) is 9.88 Å². The summed E-state index contributed by atoms with van der Waals surface area (Å²) in [5, 5.41) is 3.69. The van der Waals surface area contributed by atoms with Gasteiger partial charge in [-0.15, -0.1) is 0 Å². The van der Waals surface area contributed by atoms with E-state index in [1.807, 2.05) is 44.2 Å². The summed E-state index contributed by atoms with van der Waals surface area (Å²) in [5.74, 6) is -0.433. The maximum absolute atomic E-state index is 12.8. The molecule has 0 atom stereocenters. The van der Waals surface area contributed by atoms with Crippen LogP contribution in [0, 0.1) is 13.8 Å². The number of fused-ring (bicyclic) bond motifs is 1. The molecule has 5 nitrogen and oxygen atoms in total. The van der Waals surface area contributed by atoms with Crippen LogP contribution in [0.3, 0.4) is 0 Å². The number of hydrogen-bond donors (Lipinski definition) is 1. The summed E-state index contributed by atoms with van der Waals surface area (Å²) in [5.41, 5.74) is 4.08. The third kappa shape index (κ3) is 3.57. The number of nitrogens with zero attached hydrogens (tertiary/aromatic N) is 2. The number of benzene rings is 2. The number of rotatable bonds is 4. The van der Waals surface area contributed by atoms with Gasteiger partial charge in [0.15, 0.2) is 0 Å². The molecule has 0 fully saturated rings. The van der Waals surface area contributed by atoms with Gasteiger partial charge in [-0.2, -0.15) is 0 Å². The van der Waals surface area contributed by atoms with Crippen LogP contribution < -0.4 is 5.32 Å². The molecule has 3 aromatic rings. The molecule has 0 aliphatic rings. The van der Waals surface area contributed by atoms with Gasteiger partial charge in [0.05, 0.1) is 12.1 Å². The second-order valence-corrected chi connectivity index (χ2v) is 6.35. The first kappa shape index (κ1) is 17.6. The molecular formula is C21H21N3O2. The zero-order valence-corrected chi connectivity index (χ0v) is 15.1. The molecule has 0 aliphatic heterocycles. The average Bonchev–Trinajstić information content (AvgIpc) is 2.63. The van der Waals surface area contributed by atoms with Crippen molar-refractivity contribution in [2.45, 2.75) is 13.8 Å². The van der Waals surface area contributed by atoms with Crippen molar-refractivity contribution in [3.63, 3.8) is 0 Å². The number of nitrogens with one attached hydrogen (secondary N) is 1. The average molecular weight is 347 g/mol. The van der Waals surface area contributed by atoms with Gasteiger partial charge in [0, 0.05) is 29.9 Å². The van der Waals surface area contributed by atoms with E-state index in [1.54, 1.807) is 31.4 Å². The molecule has 0 unspecified atom stereocenters. The van der Waals surface area contributed by atoms with E-state index in [0.29, 0.717) is 5.56 Å². The molecule has 1 N–H and O–H groups in total. The normalized spacial score (nSPS) is 10.6. The number of amides is 2. The van der Waals surface area contributed by atoms with Crippen molar-refractivity contribution in [1.29, 1.82) is 0 Å². The number of hydrogen-bond acceptors (Lipinski definition) is 3. The van der Waals surface area contributed by atoms with E-state index < -0.39 is 0 Å². The molecule has 0 bridgehead atoms. The van der Waals surface area contributed by atoms with Gasteiger partial charge in [-0.3, -0.25) is 14.6 Å². The van der Waals surface area contributed by atoms with Gasteiger partial charge in [0.25, 0.3) is 5.91 Å². The number of aromatic nitrogens is 1. The van der Waals surface area contributed by atoms with Crippen molar-refractivity contribution in [3.8, 4) is 0 Å². The first-order valence-corrected chi connectivity index (χ1v) is 8.42. The lowest BCUT2D eigenvalue weighted by Gasteiger charge is -2.19. The summed E-state index contributed by atoms with van der Waals surface area (Å²) in [7, 11) is 1.63. The van der Waals surface area contributed by atoms with E-state index in [4.69, 9.17) is 0 Å². The van der Waals surface area contributed by atoms with E-state index in [-0.39, 0.29) is 18.4 Å². The first-order valence-electron chi connectivity index (χ1n) is 8.42. The van der Waals surface area contributed by atoms with Crippen LogP contribution in [0.5, 0.6) is 0 Å². The SMILES string of the molecule is Cc1cccc(C)c1NC(=O)CN(C)C(=O)c1cccc2ncccc12. The predicted octanol–water partition coefficient (Wildman–Crippen LogP) is 3.56. The fourth-order valence-corrected chi connectivity index (χ4v) is 2.97. The summed E-state index contributed by atoms with van der Waals surface area (Å²) in [6, 6.07) is 14.9. The molecule has 5 heteroatoms. The van der Waals surface area contributed by atoms with Gasteiger partial charge < -0.3 is 10.2 Å². The molecule has 2 aromatic carbocycles. The topological polar surface area (TPSA) is 62.3 Å². The van der Waals surface area contributed by atoms with E-state index in [1.165, 1.54) is 4.90 Å². The quantitative estimate of drug-likeness (QED) is 0.785. The Hall–Kier alpha value is -3.21. The fraction of sp³-hybridized carbons (Fsp3) is 0.190. The molecule has 1 aromatic heterocycles. The number of aryl methyl sites for hydroxylation is 2. The molecular weight excluding hydrogens is 326 g/mol. The minimum atomic E-state index is -0.225. The maximum Gasteiger partial charge on any atom is 0.254 e. The highest BCUT2D eigenvalue weighted by Gasteiger charge is 2.18. The Morgan fingerprint density at radius 2 is 1.69 bits per heavy atom. The molecule has 0 aliphatic carbocycles. The maximum atomic E-state index is 12.8. The Morgan fingerprint density at radius 3 is 2.42 bits per heavy atom. The number of anilines is 1. The van der Waals surface area contributed by atoms with Crippen molar-refractivity contribution in [2.24, 2.45) is 0 Å². The Morgan fingerprint density at radius 1 is 1.00 bits per heavy atom. The highest BCUT2D eigenvalue weighted by atomic mass is 16.2. The zero-order chi connectivity index (χ0) is 18.7. The fourth-order valence-electron chi connectivity index (χ4n) is 2.97. The minimum Gasteiger partial charge on any atom is -0.332 e. The third-order valence-electron chi connectivity index (χ3n) is 4.35. The summed E-state index contributed by atoms with van der Waals surface area (Å²) in [6.07, 6.45) is 1.69. The van der Waals surface area contributed by atoms with Crippen LogP contribution in [0.1, 0.15) is 21.5 Å². The number of para-hydroxylation sites is 1. The lowest BCUT2D eigenvalue weighted by molar-refractivity contribution is -0.116. The smallest absolute Gasteiger partial charge is 0.254 e. The van der Waals surface area contributed by atoms with Gasteiger partial charge in [0.2, 0.25) is 5.91 Å². The second kappa shape index (κ2) is 7.35. The predicted molar refractivity (Wildman–Crippen MR) is 103 cm³/mol. The lowest BCUT2D eigenvalue weighted by atomic mass is 10.1. The summed E-state index contributed by atoms with van der Waals surface area (Å²) in [6.45, 7) is 3.87. The van der Waals surface area contributed by atoms with Crippen molar-refractivity contribution in [2.75, 3.05) is 18.9 Å². The molecule has 0 saturated heterocycles. The van der Waals surface area contributed by atoms with Crippen LogP contribution in [-0.2, 0) is 4.79 Å². The van der Waals surface area contributed by atoms with Gasteiger partial charge in [-0.1, -0.05) is 30.3 Å². The van der Waals surface area contributed by atoms with Crippen LogP contribution in [0.4, 0.5) is 5.69 Å². The highest BCUT2D eigenvalue weighted by molar-refractivity contribution is 6.07. The van der Waals surface area contributed by atoms with Crippen LogP contribution in [-0.4, -0.2) is 35.3 Å². The van der Waals surface area contributed by atoms with Gasteiger partial charge >= 0.3 is 0 Å². The summed E-state index contributed by atoms with van der Waals surface area (Å²) in [4.78, 5) is 30.9. The van der Waals surface area contributed by atoms with Crippen molar-refractivity contribution < 1.29 is 9.59 Å². The Kier molecular flexibility index (Phi) is 4.98. The minimum absolute atomic E-state index is 0.0245. The molecule has 2 amide bonds.